The molecule has 0 saturated carbocycles. The van der Waals surface area contributed by atoms with Crippen molar-refractivity contribution in [2.24, 2.45) is 0 Å². The highest BCUT2D eigenvalue weighted by atomic mass is 16.7. The van der Waals surface area contributed by atoms with Crippen molar-refractivity contribution < 1.29 is 28.5 Å². The Morgan fingerprint density at radius 3 is 2.51 bits per heavy atom. The molecule has 3 heterocycles. The second kappa shape index (κ2) is 8.80. The van der Waals surface area contributed by atoms with Gasteiger partial charge in [0.15, 0.2) is 11.5 Å². The lowest BCUT2D eigenvalue weighted by Gasteiger charge is -2.23. The number of carbonyl (C=O) groups is 2. The molecule has 3 aliphatic heterocycles. The highest BCUT2D eigenvalue weighted by Crippen LogP contribution is 2.55. The second-order valence-corrected chi connectivity index (χ2v) is 9.69. The van der Waals surface area contributed by atoms with Gasteiger partial charge in [-0.25, -0.2) is 0 Å². The first-order valence-electron chi connectivity index (χ1n) is 12.6. The van der Waals surface area contributed by atoms with Crippen LogP contribution in [0.4, 0.5) is 11.4 Å². The highest BCUT2D eigenvalue weighted by Gasteiger charge is 2.57. The molecule has 7 rings (SSSR count). The van der Waals surface area contributed by atoms with Gasteiger partial charge in [0.05, 0.1) is 13.7 Å². The molecule has 1 unspecified atom stereocenters. The molecule has 8 nitrogen and oxygen atoms in total. The van der Waals surface area contributed by atoms with Crippen molar-refractivity contribution >= 4 is 23.2 Å². The van der Waals surface area contributed by atoms with E-state index in [0.717, 1.165) is 22.4 Å². The summed E-state index contributed by atoms with van der Waals surface area (Å²) in [6.45, 7) is 0.646. The maximum atomic E-state index is 14.3. The number of carbonyl (C=O) groups excluding carboxylic acids is 2. The van der Waals surface area contributed by atoms with Crippen LogP contribution in [0.3, 0.4) is 0 Å². The predicted octanol–water partition coefficient (Wildman–Crippen LogP) is 4.90. The molecule has 0 aliphatic carbocycles. The number of amides is 2. The average molecular weight is 521 g/mol. The van der Waals surface area contributed by atoms with Crippen LogP contribution in [-0.4, -0.2) is 32.3 Å². The molecule has 0 radical (unpaired) electrons. The van der Waals surface area contributed by atoms with Crippen LogP contribution in [0.2, 0.25) is 0 Å². The topological polar surface area (TPSA) is 86.3 Å². The molecule has 0 aromatic heterocycles. The fourth-order valence-corrected chi connectivity index (χ4v) is 5.59. The first-order chi connectivity index (χ1) is 19.1. The van der Waals surface area contributed by atoms with Crippen LogP contribution in [0, 0.1) is 0 Å². The van der Waals surface area contributed by atoms with Crippen molar-refractivity contribution in [2.75, 3.05) is 30.7 Å². The third-order valence-corrected chi connectivity index (χ3v) is 7.52. The maximum absolute atomic E-state index is 14.3. The number of ether oxygens (including phenoxy) is 4. The molecular weight excluding hydrogens is 496 g/mol. The number of benzene rings is 4. The molecule has 0 bridgehead atoms. The summed E-state index contributed by atoms with van der Waals surface area (Å²) < 4.78 is 22.4. The van der Waals surface area contributed by atoms with Crippen LogP contribution >= 0.6 is 0 Å². The highest BCUT2D eigenvalue weighted by molar-refractivity contribution is 6.11. The van der Waals surface area contributed by atoms with E-state index < -0.39 is 5.41 Å². The molecular formula is C31H24N2O6. The van der Waals surface area contributed by atoms with Gasteiger partial charge in [0, 0.05) is 28.6 Å². The second-order valence-electron chi connectivity index (χ2n) is 9.69. The molecule has 39 heavy (non-hydrogen) atoms. The van der Waals surface area contributed by atoms with Crippen LogP contribution in [0.15, 0.2) is 84.9 Å². The smallest absolute Gasteiger partial charge is 0.255 e. The lowest BCUT2D eigenvalue weighted by molar-refractivity contribution is -0.122. The number of hydrogen-bond donors (Lipinski definition) is 1. The van der Waals surface area contributed by atoms with E-state index in [1.807, 2.05) is 48.5 Å². The summed E-state index contributed by atoms with van der Waals surface area (Å²) >= 11 is 0. The lowest BCUT2D eigenvalue weighted by atomic mass is 9.77. The molecule has 3 aliphatic rings. The molecule has 0 saturated heterocycles. The van der Waals surface area contributed by atoms with E-state index in [2.05, 4.69) is 5.32 Å². The van der Waals surface area contributed by atoms with Crippen LogP contribution in [0.1, 0.15) is 27.0 Å². The van der Waals surface area contributed by atoms with E-state index in [1.54, 1.807) is 48.4 Å². The van der Waals surface area contributed by atoms with Crippen LogP contribution < -0.4 is 29.2 Å². The van der Waals surface area contributed by atoms with Gasteiger partial charge in [-0.2, -0.15) is 0 Å². The van der Waals surface area contributed by atoms with Gasteiger partial charge < -0.3 is 29.2 Å². The zero-order valence-electron chi connectivity index (χ0n) is 21.1. The summed E-state index contributed by atoms with van der Waals surface area (Å²) in [6.07, 6.45) is 0. The van der Waals surface area contributed by atoms with Crippen molar-refractivity contribution in [3.63, 3.8) is 0 Å². The van der Waals surface area contributed by atoms with Crippen molar-refractivity contribution in [3.8, 4) is 23.0 Å². The maximum Gasteiger partial charge on any atom is 0.255 e. The summed E-state index contributed by atoms with van der Waals surface area (Å²) in [4.78, 5) is 29.0. The molecule has 2 amide bonds. The van der Waals surface area contributed by atoms with Gasteiger partial charge in [-0.15, -0.1) is 0 Å². The van der Waals surface area contributed by atoms with E-state index in [1.165, 1.54) is 0 Å². The van der Waals surface area contributed by atoms with E-state index in [0.29, 0.717) is 40.8 Å². The van der Waals surface area contributed by atoms with Gasteiger partial charge in [-0.1, -0.05) is 30.3 Å². The minimum Gasteiger partial charge on any atom is -0.497 e. The SMILES string of the molecule is COc1ccc(NC(=O)c2cccc(CN3C(=O)C4(COc5cc6c(cc54)OCO6)c4ccccc43)c2)cc1. The van der Waals surface area contributed by atoms with Crippen molar-refractivity contribution in [3.05, 3.63) is 107 Å². The quantitative estimate of drug-likeness (QED) is 0.403. The predicted molar refractivity (Wildman–Crippen MR) is 144 cm³/mol. The van der Waals surface area contributed by atoms with Crippen molar-refractivity contribution in [2.45, 2.75) is 12.0 Å². The van der Waals surface area contributed by atoms with Crippen molar-refractivity contribution in [1.29, 1.82) is 0 Å². The molecule has 1 atom stereocenters. The van der Waals surface area contributed by atoms with E-state index in [-0.39, 0.29) is 25.2 Å². The number of nitrogens with one attached hydrogen (secondary N) is 1. The van der Waals surface area contributed by atoms with Crippen molar-refractivity contribution in [1.82, 2.24) is 0 Å². The van der Waals surface area contributed by atoms with Gasteiger partial charge in [0.25, 0.3) is 5.91 Å². The Morgan fingerprint density at radius 2 is 1.69 bits per heavy atom. The third kappa shape index (κ3) is 3.59. The van der Waals surface area contributed by atoms with E-state index in [4.69, 9.17) is 18.9 Å². The summed E-state index contributed by atoms with van der Waals surface area (Å²) in [7, 11) is 1.60. The Balaban J connectivity index is 1.19. The van der Waals surface area contributed by atoms with Crippen LogP contribution in [0.25, 0.3) is 0 Å². The molecule has 4 aromatic carbocycles. The molecule has 0 fully saturated rings. The zero-order valence-corrected chi connectivity index (χ0v) is 21.1. The molecule has 1 N–H and O–H groups in total. The Kier molecular flexibility index (Phi) is 5.23. The fourth-order valence-electron chi connectivity index (χ4n) is 5.59. The monoisotopic (exact) mass is 520 g/mol. The number of nitrogens with zero attached hydrogens (tertiary/aromatic N) is 1. The number of para-hydroxylation sites is 1. The van der Waals surface area contributed by atoms with Gasteiger partial charge in [-0.05, 0) is 59.7 Å². The number of fused-ring (bicyclic) bond motifs is 5. The zero-order chi connectivity index (χ0) is 26.6. The minimum absolute atomic E-state index is 0.0746. The van der Waals surface area contributed by atoms with Gasteiger partial charge in [0.1, 0.15) is 23.5 Å². The standard InChI is InChI=1S/C31H24N2O6/c1-36-22-11-9-21(10-12-22)32-29(34)20-6-4-5-19(13-20)16-33-25-8-3-2-7-23(25)31(30(33)35)17-37-26-15-28-27(14-24(26)31)38-18-39-28/h2-15H,16-18H2,1H3,(H,32,34). The Morgan fingerprint density at radius 1 is 0.897 bits per heavy atom. The number of methoxy groups -OCH3 is 1. The first kappa shape index (κ1) is 23.2. The average Bonchev–Trinajstić information content (AvgIpc) is 3.65. The number of hydrogen-bond acceptors (Lipinski definition) is 6. The lowest BCUT2D eigenvalue weighted by Crippen LogP contribution is -2.42. The largest absolute Gasteiger partial charge is 0.497 e. The minimum atomic E-state index is -0.976. The Hall–Kier alpha value is -4.98. The number of anilines is 2. The Bertz CT molecular complexity index is 1630. The summed E-state index contributed by atoms with van der Waals surface area (Å²) in [6, 6.07) is 25.9. The van der Waals surface area contributed by atoms with Crippen LogP contribution in [0.5, 0.6) is 23.0 Å². The molecule has 194 valence electrons. The van der Waals surface area contributed by atoms with Gasteiger partial charge in [-0.3, -0.25) is 9.59 Å². The first-order valence-corrected chi connectivity index (χ1v) is 12.6. The summed E-state index contributed by atoms with van der Waals surface area (Å²) in [5, 5.41) is 2.91. The molecule has 4 aromatic rings. The normalized spacial score (nSPS) is 18.1. The third-order valence-electron chi connectivity index (χ3n) is 7.52. The van der Waals surface area contributed by atoms with E-state index >= 15 is 0 Å². The molecule has 1 spiro atoms. The summed E-state index contributed by atoms with van der Waals surface area (Å²) in [5.74, 6) is 2.25. The van der Waals surface area contributed by atoms with Gasteiger partial charge >= 0.3 is 0 Å². The van der Waals surface area contributed by atoms with E-state index in [9.17, 15) is 9.59 Å². The van der Waals surface area contributed by atoms with Gasteiger partial charge in [0.2, 0.25) is 12.7 Å². The van der Waals surface area contributed by atoms with Crippen LogP contribution in [-0.2, 0) is 16.8 Å². The fraction of sp³-hybridized carbons (Fsp3) is 0.161. The Labute approximate surface area is 224 Å². The summed E-state index contributed by atoms with van der Waals surface area (Å²) in [5.41, 5.74) is 3.52. The molecule has 8 heteroatoms. The number of rotatable bonds is 5.